The molecule has 2 heterocycles. The first-order valence-electron chi connectivity index (χ1n) is 10.00. The van der Waals surface area contributed by atoms with Gasteiger partial charge in [0.2, 0.25) is 5.69 Å². The minimum Gasteiger partial charge on any atom is -0.454 e. The maximum atomic E-state index is 9.87. The third-order valence-corrected chi connectivity index (χ3v) is 5.83. The van der Waals surface area contributed by atoms with Gasteiger partial charge in [-0.2, -0.15) is 5.26 Å². The SMILES string of the molecule is Cc1ccc2c(oc3c(C#N)c(C)cc(-c4ccccc4)c32)c1-c1cccc[n+]1C. The van der Waals surface area contributed by atoms with Crippen molar-refractivity contribution in [3.63, 3.8) is 0 Å². The largest absolute Gasteiger partial charge is 0.454 e. The van der Waals surface area contributed by atoms with Crippen molar-refractivity contribution in [2.75, 3.05) is 0 Å². The molecule has 0 aliphatic carbocycles. The molecule has 2 aromatic heterocycles. The number of benzene rings is 3. The lowest BCUT2D eigenvalue weighted by Gasteiger charge is -2.08. The number of nitrogens with zero attached hydrogens (tertiary/aromatic N) is 2. The van der Waals surface area contributed by atoms with Crippen LogP contribution in [0.2, 0.25) is 0 Å². The maximum Gasteiger partial charge on any atom is 0.216 e. The highest BCUT2D eigenvalue weighted by Gasteiger charge is 2.24. The van der Waals surface area contributed by atoms with Crippen molar-refractivity contribution in [1.29, 1.82) is 5.26 Å². The Balaban J connectivity index is 1.99. The molecule has 0 amide bonds. The van der Waals surface area contributed by atoms with E-state index in [0.717, 1.165) is 49.9 Å². The molecule has 0 spiro atoms. The monoisotopic (exact) mass is 389 g/mol. The topological polar surface area (TPSA) is 40.8 Å². The average molecular weight is 389 g/mol. The smallest absolute Gasteiger partial charge is 0.216 e. The zero-order valence-corrected chi connectivity index (χ0v) is 17.2. The summed E-state index contributed by atoms with van der Waals surface area (Å²) in [7, 11) is 2.04. The molecule has 0 bridgehead atoms. The number of rotatable bonds is 2. The lowest BCUT2D eigenvalue weighted by molar-refractivity contribution is -0.660. The van der Waals surface area contributed by atoms with Crippen molar-refractivity contribution in [3.8, 4) is 28.5 Å². The summed E-state index contributed by atoms with van der Waals surface area (Å²) in [5.41, 5.74) is 8.50. The first-order chi connectivity index (χ1) is 14.6. The van der Waals surface area contributed by atoms with E-state index in [2.05, 4.69) is 54.0 Å². The minimum absolute atomic E-state index is 0.599. The van der Waals surface area contributed by atoms with Gasteiger partial charge in [-0.25, -0.2) is 4.57 Å². The second kappa shape index (κ2) is 6.86. The van der Waals surface area contributed by atoms with Gasteiger partial charge in [-0.1, -0.05) is 42.5 Å². The highest BCUT2D eigenvalue weighted by atomic mass is 16.3. The van der Waals surface area contributed by atoms with Gasteiger partial charge in [0.25, 0.3) is 0 Å². The number of fused-ring (bicyclic) bond motifs is 3. The van der Waals surface area contributed by atoms with Crippen molar-refractivity contribution in [3.05, 3.63) is 89.6 Å². The van der Waals surface area contributed by atoms with Crippen molar-refractivity contribution in [2.45, 2.75) is 13.8 Å². The van der Waals surface area contributed by atoms with Crippen molar-refractivity contribution < 1.29 is 8.98 Å². The van der Waals surface area contributed by atoms with E-state index in [1.807, 2.05) is 50.5 Å². The third kappa shape index (κ3) is 2.62. The van der Waals surface area contributed by atoms with Crippen LogP contribution in [0, 0.1) is 25.2 Å². The van der Waals surface area contributed by atoms with Crippen LogP contribution in [-0.4, -0.2) is 0 Å². The molecule has 0 saturated carbocycles. The summed E-state index contributed by atoms with van der Waals surface area (Å²) < 4.78 is 8.60. The summed E-state index contributed by atoms with van der Waals surface area (Å²) in [6.07, 6.45) is 2.04. The first-order valence-corrected chi connectivity index (χ1v) is 10.00. The van der Waals surface area contributed by atoms with Crippen LogP contribution in [0.3, 0.4) is 0 Å². The summed E-state index contributed by atoms with van der Waals surface area (Å²) in [6.45, 7) is 4.07. The van der Waals surface area contributed by atoms with E-state index in [9.17, 15) is 5.26 Å². The summed E-state index contributed by atoms with van der Waals surface area (Å²) in [5.74, 6) is 0. The Kier molecular flexibility index (Phi) is 4.15. The second-order valence-electron chi connectivity index (χ2n) is 7.73. The Morgan fingerprint density at radius 1 is 0.867 bits per heavy atom. The summed E-state index contributed by atoms with van der Waals surface area (Å²) in [5, 5.41) is 11.9. The van der Waals surface area contributed by atoms with Crippen molar-refractivity contribution >= 4 is 21.9 Å². The van der Waals surface area contributed by atoms with E-state index in [1.165, 1.54) is 0 Å². The van der Waals surface area contributed by atoms with E-state index < -0.39 is 0 Å². The van der Waals surface area contributed by atoms with Crippen molar-refractivity contribution in [1.82, 2.24) is 0 Å². The number of hydrogen-bond acceptors (Lipinski definition) is 2. The Morgan fingerprint density at radius 2 is 1.63 bits per heavy atom. The van der Waals surface area contributed by atoms with Gasteiger partial charge < -0.3 is 4.42 Å². The molecule has 3 nitrogen and oxygen atoms in total. The molecule has 0 N–H and O–H groups in total. The molecule has 0 fully saturated rings. The quantitative estimate of drug-likeness (QED) is 0.336. The van der Waals surface area contributed by atoms with Gasteiger partial charge >= 0.3 is 0 Å². The molecule has 0 saturated heterocycles. The fraction of sp³-hybridized carbons (Fsp3) is 0.111. The highest BCUT2D eigenvalue weighted by molar-refractivity contribution is 6.17. The molecule has 3 heteroatoms. The van der Waals surface area contributed by atoms with E-state index in [-0.39, 0.29) is 0 Å². The number of hydrogen-bond donors (Lipinski definition) is 0. The summed E-state index contributed by atoms with van der Waals surface area (Å²) in [4.78, 5) is 0. The fourth-order valence-electron chi connectivity index (χ4n) is 4.33. The predicted octanol–water partition coefficient (Wildman–Crippen LogP) is 6.23. The van der Waals surface area contributed by atoms with Gasteiger partial charge in [0.1, 0.15) is 18.7 Å². The van der Waals surface area contributed by atoms with E-state index >= 15 is 0 Å². The van der Waals surface area contributed by atoms with Gasteiger partial charge in [0, 0.05) is 22.9 Å². The Hall–Kier alpha value is -3.90. The number of furan rings is 1. The molecule has 0 atom stereocenters. The standard InChI is InChI=1S/C27H21N2O/c1-17-12-13-20-25-21(19-9-5-4-6-10-19)15-18(2)22(16-28)27(25)30-26(20)24(17)23-11-7-8-14-29(23)3/h4-15H,1-3H3/q+1. The zero-order valence-electron chi connectivity index (χ0n) is 17.2. The molecule has 5 aromatic rings. The van der Waals surface area contributed by atoms with Gasteiger partial charge in [-0.15, -0.1) is 0 Å². The van der Waals surface area contributed by atoms with E-state index in [0.29, 0.717) is 11.1 Å². The van der Waals surface area contributed by atoms with E-state index in [4.69, 9.17) is 4.42 Å². The van der Waals surface area contributed by atoms with Gasteiger partial charge in [0.15, 0.2) is 11.8 Å². The number of aromatic nitrogens is 1. The van der Waals surface area contributed by atoms with Gasteiger partial charge in [-0.3, -0.25) is 0 Å². The molecule has 3 aromatic carbocycles. The van der Waals surface area contributed by atoms with Crippen LogP contribution < -0.4 is 4.57 Å². The second-order valence-corrected chi connectivity index (χ2v) is 7.73. The Bertz CT molecular complexity index is 1470. The van der Waals surface area contributed by atoms with Crippen LogP contribution in [-0.2, 0) is 7.05 Å². The molecule has 0 unspecified atom stereocenters. The van der Waals surface area contributed by atoms with Crippen LogP contribution in [0.5, 0.6) is 0 Å². The minimum atomic E-state index is 0.599. The predicted molar refractivity (Wildman–Crippen MR) is 120 cm³/mol. The first kappa shape index (κ1) is 18.1. The number of aryl methyl sites for hydroxylation is 3. The fourth-order valence-corrected chi connectivity index (χ4v) is 4.33. The molecular weight excluding hydrogens is 368 g/mol. The van der Waals surface area contributed by atoms with Crippen LogP contribution in [0.25, 0.3) is 44.3 Å². The van der Waals surface area contributed by atoms with Gasteiger partial charge in [-0.05, 0) is 48.2 Å². The van der Waals surface area contributed by atoms with Crippen LogP contribution in [0.1, 0.15) is 16.7 Å². The normalized spacial score (nSPS) is 11.1. The molecule has 144 valence electrons. The lowest BCUT2D eigenvalue weighted by atomic mass is 9.93. The van der Waals surface area contributed by atoms with Crippen LogP contribution in [0.4, 0.5) is 0 Å². The summed E-state index contributed by atoms with van der Waals surface area (Å²) >= 11 is 0. The zero-order chi connectivity index (χ0) is 20.8. The molecule has 30 heavy (non-hydrogen) atoms. The van der Waals surface area contributed by atoms with Crippen molar-refractivity contribution in [2.24, 2.45) is 7.05 Å². The maximum absolute atomic E-state index is 9.87. The van der Waals surface area contributed by atoms with E-state index in [1.54, 1.807) is 0 Å². The molecule has 0 aliphatic rings. The molecule has 0 aliphatic heterocycles. The number of pyridine rings is 1. The Labute approximate surface area is 175 Å². The Morgan fingerprint density at radius 3 is 2.37 bits per heavy atom. The number of nitriles is 1. The lowest BCUT2D eigenvalue weighted by Crippen LogP contribution is -2.30. The van der Waals surface area contributed by atoms with Gasteiger partial charge in [0.05, 0.1) is 11.1 Å². The summed E-state index contributed by atoms with van der Waals surface area (Å²) in [6, 6.07) is 25.2. The highest BCUT2D eigenvalue weighted by Crippen LogP contribution is 2.43. The molecule has 0 radical (unpaired) electrons. The van der Waals surface area contributed by atoms with Crippen LogP contribution >= 0.6 is 0 Å². The van der Waals surface area contributed by atoms with Crippen LogP contribution in [0.15, 0.2) is 77.3 Å². The molecular formula is C27H21N2O+. The molecule has 5 rings (SSSR count). The third-order valence-electron chi connectivity index (χ3n) is 5.83. The average Bonchev–Trinajstić information content (AvgIpc) is 3.14.